The van der Waals surface area contributed by atoms with Gasteiger partial charge in [0.05, 0.1) is 7.11 Å². The summed E-state index contributed by atoms with van der Waals surface area (Å²) >= 11 is 0. The number of aliphatic carboxylic acids is 1. The normalized spacial score (nSPS) is 17.3. The highest BCUT2D eigenvalue weighted by Crippen LogP contribution is 2.37. The van der Waals surface area contributed by atoms with Crippen LogP contribution < -0.4 is 26.0 Å². The number of methoxy groups -OCH3 is 1. The fraction of sp³-hybridized carbons (Fsp3) is 0.545. The van der Waals surface area contributed by atoms with Crippen molar-refractivity contribution in [3.8, 4) is 5.75 Å². The Hall–Kier alpha value is -3.14. The lowest BCUT2D eigenvalue weighted by molar-refractivity contribution is -0.138. The topological polar surface area (TPSA) is 139 Å². The van der Waals surface area contributed by atoms with E-state index >= 15 is 0 Å². The van der Waals surface area contributed by atoms with Gasteiger partial charge in [0.25, 0.3) is 0 Å². The lowest BCUT2D eigenvalue weighted by Gasteiger charge is -2.34. The molecule has 1 unspecified atom stereocenters. The Bertz CT molecular complexity index is 976. The average molecular weight is 442 g/mol. The maximum atomic E-state index is 11.0. The average Bonchev–Trinajstić information content (AvgIpc) is 2.81. The van der Waals surface area contributed by atoms with E-state index in [2.05, 4.69) is 37.6 Å². The number of carboxylic acids is 1. The predicted molar refractivity (Wildman–Crippen MR) is 123 cm³/mol. The van der Waals surface area contributed by atoms with Crippen molar-refractivity contribution in [1.29, 1.82) is 0 Å². The fourth-order valence-corrected chi connectivity index (χ4v) is 4.32. The molecule has 10 heteroatoms. The first kappa shape index (κ1) is 22.1. The third kappa shape index (κ3) is 4.69. The zero-order chi connectivity index (χ0) is 22.7. The van der Waals surface area contributed by atoms with Crippen LogP contribution in [0.15, 0.2) is 12.1 Å². The number of aromatic nitrogens is 3. The smallest absolute Gasteiger partial charge is 0.322 e. The van der Waals surface area contributed by atoms with Crippen molar-refractivity contribution in [2.24, 2.45) is 5.73 Å². The van der Waals surface area contributed by atoms with Gasteiger partial charge in [-0.25, -0.2) is 15.0 Å². The van der Waals surface area contributed by atoms with Crippen LogP contribution in [0.5, 0.6) is 5.75 Å². The summed E-state index contributed by atoms with van der Waals surface area (Å²) in [4.78, 5) is 27.2. The van der Waals surface area contributed by atoms with Gasteiger partial charge in [-0.3, -0.25) is 4.79 Å². The van der Waals surface area contributed by atoms with E-state index in [1.54, 1.807) is 7.11 Å². The monoisotopic (exact) mass is 441 g/mol. The molecule has 5 N–H and O–H groups in total. The number of pyridine rings is 1. The van der Waals surface area contributed by atoms with Crippen molar-refractivity contribution in [3.05, 3.63) is 29.2 Å². The Morgan fingerprint density at radius 3 is 2.84 bits per heavy atom. The van der Waals surface area contributed by atoms with Crippen molar-refractivity contribution in [2.75, 3.05) is 48.8 Å². The van der Waals surface area contributed by atoms with E-state index in [0.717, 1.165) is 56.8 Å². The summed E-state index contributed by atoms with van der Waals surface area (Å²) < 4.78 is 5.61. The van der Waals surface area contributed by atoms with Gasteiger partial charge in [-0.05, 0) is 44.2 Å². The van der Waals surface area contributed by atoms with Crippen molar-refractivity contribution in [1.82, 2.24) is 15.0 Å². The maximum absolute atomic E-state index is 11.0. The Morgan fingerprint density at radius 1 is 1.34 bits per heavy atom. The Labute approximate surface area is 187 Å². The van der Waals surface area contributed by atoms with Crippen LogP contribution in [-0.4, -0.2) is 65.4 Å². The van der Waals surface area contributed by atoms with Gasteiger partial charge in [-0.15, -0.1) is 0 Å². The van der Waals surface area contributed by atoms with Crippen LogP contribution in [0.4, 0.5) is 17.5 Å². The summed E-state index contributed by atoms with van der Waals surface area (Å²) in [7, 11) is 1.57. The molecular formula is C22H31N7O3. The van der Waals surface area contributed by atoms with E-state index in [4.69, 9.17) is 20.6 Å². The van der Waals surface area contributed by atoms with Gasteiger partial charge in [0.15, 0.2) is 11.6 Å². The molecule has 2 aromatic rings. The lowest BCUT2D eigenvalue weighted by Crippen LogP contribution is -2.37. The van der Waals surface area contributed by atoms with Crippen molar-refractivity contribution >= 4 is 23.4 Å². The maximum Gasteiger partial charge on any atom is 0.322 e. The summed E-state index contributed by atoms with van der Waals surface area (Å²) in [6, 6.07) is 3.36. The van der Waals surface area contributed by atoms with Gasteiger partial charge < -0.3 is 31.1 Å². The number of carboxylic acid groups (broad SMARTS) is 1. The summed E-state index contributed by atoms with van der Waals surface area (Å²) in [5.74, 6) is 2.62. The van der Waals surface area contributed by atoms with Crippen molar-refractivity contribution < 1.29 is 14.6 Å². The van der Waals surface area contributed by atoms with Crippen LogP contribution in [-0.2, 0) is 11.2 Å². The van der Waals surface area contributed by atoms with Crippen LogP contribution in [0.3, 0.4) is 0 Å². The highest BCUT2D eigenvalue weighted by atomic mass is 16.5. The molecule has 10 nitrogen and oxygen atoms in total. The number of aryl methyl sites for hydroxylation is 2. The molecule has 0 amide bonds. The minimum absolute atomic E-state index is 0.0433. The molecule has 1 fully saturated rings. The first-order valence-electron chi connectivity index (χ1n) is 11.1. The van der Waals surface area contributed by atoms with Gasteiger partial charge >= 0.3 is 5.97 Å². The van der Waals surface area contributed by atoms with Crippen LogP contribution in [0.2, 0.25) is 0 Å². The van der Waals surface area contributed by atoms with Crippen LogP contribution >= 0.6 is 0 Å². The second-order valence-electron chi connectivity index (χ2n) is 8.34. The molecule has 1 saturated heterocycles. The van der Waals surface area contributed by atoms with E-state index in [-0.39, 0.29) is 6.54 Å². The first-order chi connectivity index (χ1) is 15.5. The number of carbonyl (C=O) groups is 1. The Kier molecular flexibility index (Phi) is 6.59. The fourth-order valence-electron chi connectivity index (χ4n) is 4.32. The van der Waals surface area contributed by atoms with E-state index in [9.17, 15) is 4.79 Å². The van der Waals surface area contributed by atoms with Crippen molar-refractivity contribution in [3.63, 3.8) is 0 Å². The molecule has 4 heterocycles. The minimum atomic E-state index is -1.07. The standard InChI is InChI=1S/C22H31N7O3/c1-13-26-20(25-12-16(23)22(30)31)18(32-2)21(27-13)29-10-7-14(8-11-29)17-6-5-15-4-3-9-24-19(15)28-17/h5-6,14,16H,3-4,7-12,23H2,1-2H3,(H,24,28)(H,30,31)(H,25,26,27). The number of anilines is 3. The number of nitrogens with two attached hydrogens (primary N) is 1. The predicted octanol–water partition coefficient (Wildman–Crippen LogP) is 1.75. The summed E-state index contributed by atoms with van der Waals surface area (Å²) in [5.41, 5.74) is 8.07. The van der Waals surface area contributed by atoms with Crippen LogP contribution in [0.1, 0.15) is 42.3 Å². The molecule has 4 rings (SSSR count). The van der Waals surface area contributed by atoms with Crippen LogP contribution in [0.25, 0.3) is 0 Å². The molecular weight excluding hydrogens is 410 g/mol. The van der Waals surface area contributed by atoms with Crippen LogP contribution in [0, 0.1) is 6.92 Å². The number of nitrogens with one attached hydrogen (secondary N) is 2. The zero-order valence-corrected chi connectivity index (χ0v) is 18.6. The third-order valence-electron chi connectivity index (χ3n) is 6.10. The molecule has 2 aromatic heterocycles. The number of fused-ring (bicyclic) bond motifs is 1. The molecule has 0 radical (unpaired) electrons. The Balaban J connectivity index is 1.47. The highest BCUT2D eigenvalue weighted by Gasteiger charge is 2.27. The largest absolute Gasteiger partial charge is 0.490 e. The highest BCUT2D eigenvalue weighted by molar-refractivity contribution is 5.74. The number of hydrogen-bond donors (Lipinski definition) is 4. The lowest BCUT2D eigenvalue weighted by atomic mass is 9.92. The molecule has 2 aliphatic heterocycles. The molecule has 1 atom stereocenters. The third-order valence-corrected chi connectivity index (χ3v) is 6.10. The number of rotatable bonds is 7. The number of ether oxygens (including phenoxy) is 1. The van der Waals surface area contributed by atoms with E-state index in [0.29, 0.717) is 29.1 Å². The second-order valence-corrected chi connectivity index (χ2v) is 8.34. The second kappa shape index (κ2) is 9.56. The molecule has 0 saturated carbocycles. The van der Waals surface area contributed by atoms with E-state index in [1.807, 2.05) is 6.92 Å². The molecule has 32 heavy (non-hydrogen) atoms. The molecule has 0 aromatic carbocycles. The van der Waals surface area contributed by atoms with Gasteiger partial charge in [0.2, 0.25) is 5.75 Å². The SMILES string of the molecule is COc1c(NCC(N)C(=O)O)nc(C)nc1N1CCC(c2ccc3c(n2)NCCC3)CC1. The zero-order valence-electron chi connectivity index (χ0n) is 18.6. The number of hydrogen-bond acceptors (Lipinski definition) is 9. The first-order valence-corrected chi connectivity index (χ1v) is 11.1. The molecule has 0 bridgehead atoms. The number of nitrogens with zero attached hydrogens (tertiary/aromatic N) is 4. The minimum Gasteiger partial charge on any atom is -0.490 e. The summed E-state index contributed by atoms with van der Waals surface area (Å²) in [6.45, 7) is 4.47. The van der Waals surface area contributed by atoms with Gasteiger partial charge in [-0.2, -0.15) is 0 Å². The van der Waals surface area contributed by atoms with Gasteiger partial charge in [0, 0.05) is 37.8 Å². The van der Waals surface area contributed by atoms with Gasteiger partial charge in [-0.1, -0.05) is 6.07 Å². The van der Waals surface area contributed by atoms with E-state index in [1.165, 1.54) is 5.56 Å². The molecule has 2 aliphatic rings. The summed E-state index contributed by atoms with van der Waals surface area (Å²) in [5, 5.41) is 15.5. The molecule has 172 valence electrons. The number of piperidine rings is 1. The van der Waals surface area contributed by atoms with E-state index < -0.39 is 12.0 Å². The molecule has 0 spiro atoms. The Morgan fingerprint density at radius 2 is 2.12 bits per heavy atom. The van der Waals surface area contributed by atoms with Crippen molar-refractivity contribution in [2.45, 2.75) is 44.6 Å². The summed E-state index contributed by atoms with van der Waals surface area (Å²) in [6.07, 6.45) is 4.18. The van der Waals surface area contributed by atoms with Gasteiger partial charge in [0.1, 0.15) is 17.7 Å². The quantitative estimate of drug-likeness (QED) is 0.502. The molecule has 0 aliphatic carbocycles.